The molecule has 0 aliphatic heterocycles. The first-order valence-corrected chi connectivity index (χ1v) is 4.63. The van der Waals surface area contributed by atoms with Crippen molar-refractivity contribution in [3.05, 3.63) is 47.7 Å². The molecular formula is C12H11NO2. The van der Waals surface area contributed by atoms with Crippen LogP contribution in [0.2, 0.25) is 0 Å². The zero-order chi connectivity index (χ0) is 10.8. The molecule has 0 bridgehead atoms. The Balaban J connectivity index is 2.59. The molecule has 1 aromatic heterocycles. The number of furan rings is 1. The van der Waals surface area contributed by atoms with Gasteiger partial charge in [-0.25, -0.2) is 0 Å². The molecule has 1 heterocycles. The van der Waals surface area contributed by atoms with Crippen LogP contribution in [0, 0.1) is 6.92 Å². The molecule has 1 amide bonds. The number of amides is 1. The number of hydrogen-bond donors (Lipinski definition) is 1. The molecule has 3 nitrogen and oxygen atoms in total. The minimum Gasteiger partial charge on any atom is -0.464 e. The summed E-state index contributed by atoms with van der Waals surface area (Å²) in [5.41, 5.74) is 7.55. The van der Waals surface area contributed by atoms with Crippen LogP contribution < -0.4 is 5.73 Å². The van der Waals surface area contributed by atoms with Gasteiger partial charge in [-0.3, -0.25) is 4.79 Å². The van der Waals surface area contributed by atoms with Gasteiger partial charge >= 0.3 is 0 Å². The number of hydrogen-bond acceptors (Lipinski definition) is 2. The average Bonchev–Trinajstić information content (AvgIpc) is 2.70. The summed E-state index contributed by atoms with van der Waals surface area (Å²) in [4.78, 5) is 11.1. The lowest BCUT2D eigenvalue weighted by Gasteiger charge is -2.06. The van der Waals surface area contributed by atoms with Crippen LogP contribution in [0.15, 0.2) is 41.0 Å². The zero-order valence-corrected chi connectivity index (χ0v) is 8.36. The smallest absolute Gasteiger partial charge is 0.248 e. The number of benzene rings is 1. The van der Waals surface area contributed by atoms with Crippen LogP contribution in [-0.2, 0) is 0 Å². The van der Waals surface area contributed by atoms with Crippen molar-refractivity contribution in [2.45, 2.75) is 6.92 Å². The summed E-state index contributed by atoms with van der Waals surface area (Å²) in [5, 5.41) is 0. The van der Waals surface area contributed by atoms with E-state index >= 15 is 0 Å². The summed E-state index contributed by atoms with van der Waals surface area (Å²) in [5.74, 6) is 0.330. The third kappa shape index (κ3) is 1.64. The zero-order valence-electron chi connectivity index (χ0n) is 8.36. The number of primary amides is 1. The Bertz CT molecular complexity index is 486. The molecule has 2 aromatic rings. The highest BCUT2D eigenvalue weighted by atomic mass is 16.3. The first-order valence-electron chi connectivity index (χ1n) is 4.63. The SMILES string of the molecule is Cc1c(C(N)=O)cccc1-c1ccco1. The predicted octanol–water partition coefficient (Wildman–Crippen LogP) is 2.35. The van der Waals surface area contributed by atoms with Crippen LogP contribution in [-0.4, -0.2) is 5.91 Å². The van der Waals surface area contributed by atoms with Crippen LogP contribution in [0.1, 0.15) is 15.9 Å². The molecule has 2 rings (SSSR count). The molecule has 0 aliphatic rings. The molecule has 15 heavy (non-hydrogen) atoms. The second-order valence-electron chi connectivity index (χ2n) is 3.32. The van der Waals surface area contributed by atoms with Crippen molar-refractivity contribution in [1.29, 1.82) is 0 Å². The van der Waals surface area contributed by atoms with Gasteiger partial charge in [0.05, 0.1) is 6.26 Å². The van der Waals surface area contributed by atoms with E-state index in [-0.39, 0.29) is 0 Å². The summed E-state index contributed by atoms with van der Waals surface area (Å²) < 4.78 is 5.28. The molecule has 0 radical (unpaired) electrons. The molecule has 76 valence electrons. The second kappa shape index (κ2) is 3.61. The molecule has 1 aromatic carbocycles. The van der Waals surface area contributed by atoms with Crippen LogP contribution in [0.5, 0.6) is 0 Å². The minimum absolute atomic E-state index is 0.416. The van der Waals surface area contributed by atoms with E-state index in [0.717, 1.165) is 16.9 Å². The van der Waals surface area contributed by atoms with Gasteiger partial charge < -0.3 is 10.2 Å². The molecule has 0 saturated carbocycles. The van der Waals surface area contributed by atoms with Crippen LogP contribution in [0.25, 0.3) is 11.3 Å². The van der Waals surface area contributed by atoms with Gasteiger partial charge in [0.15, 0.2) is 0 Å². The van der Waals surface area contributed by atoms with Gasteiger partial charge in [0.1, 0.15) is 5.76 Å². The Hall–Kier alpha value is -2.03. The van der Waals surface area contributed by atoms with Crippen LogP contribution in [0.4, 0.5) is 0 Å². The molecule has 0 fully saturated rings. The van der Waals surface area contributed by atoms with Crippen molar-refractivity contribution in [1.82, 2.24) is 0 Å². The van der Waals surface area contributed by atoms with Gasteiger partial charge in [0, 0.05) is 11.1 Å². The lowest BCUT2D eigenvalue weighted by atomic mass is 10.0. The fourth-order valence-electron chi connectivity index (χ4n) is 1.60. The highest BCUT2D eigenvalue weighted by Crippen LogP contribution is 2.25. The maximum atomic E-state index is 11.1. The number of carbonyl (C=O) groups excluding carboxylic acids is 1. The molecular weight excluding hydrogens is 190 g/mol. The normalized spacial score (nSPS) is 10.2. The minimum atomic E-state index is -0.416. The van der Waals surface area contributed by atoms with Crippen molar-refractivity contribution in [2.75, 3.05) is 0 Å². The van der Waals surface area contributed by atoms with E-state index < -0.39 is 5.91 Å². The Morgan fingerprint density at radius 1 is 1.27 bits per heavy atom. The van der Waals surface area contributed by atoms with Gasteiger partial charge in [-0.05, 0) is 30.7 Å². The second-order valence-corrected chi connectivity index (χ2v) is 3.32. The van der Waals surface area contributed by atoms with Crippen molar-refractivity contribution in [2.24, 2.45) is 5.73 Å². The monoisotopic (exact) mass is 201 g/mol. The van der Waals surface area contributed by atoms with E-state index in [1.165, 1.54) is 0 Å². The van der Waals surface area contributed by atoms with Gasteiger partial charge in [0.25, 0.3) is 0 Å². The number of rotatable bonds is 2. The third-order valence-corrected chi connectivity index (χ3v) is 2.39. The molecule has 0 unspecified atom stereocenters. The highest BCUT2D eigenvalue weighted by Gasteiger charge is 2.10. The van der Waals surface area contributed by atoms with E-state index in [1.54, 1.807) is 18.4 Å². The van der Waals surface area contributed by atoms with Crippen LogP contribution in [0.3, 0.4) is 0 Å². The van der Waals surface area contributed by atoms with E-state index in [0.29, 0.717) is 5.56 Å². The van der Waals surface area contributed by atoms with E-state index in [2.05, 4.69) is 0 Å². The van der Waals surface area contributed by atoms with Gasteiger partial charge in [-0.15, -0.1) is 0 Å². The van der Waals surface area contributed by atoms with E-state index in [9.17, 15) is 4.79 Å². The summed E-state index contributed by atoms with van der Waals surface area (Å²) in [7, 11) is 0. The van der Waals surface area contributed by atoms with E-state index in [4.69, 9.17) is 10.2 Å². The molecule has 0 spiro atoms. The first kappa shape index (κ1) is 9.52. The van der Waals surface area contributed by atoms with Crippen molar-refractivity contribution < 1.29 is 9.21 Å². The largest absolute Gasteiger partial charge is 0.464 e. The average molecular weight is 201 g/mol. The van der Waals surface area contributed by atoms with Crippen molar-refractivity contribution >= 4 is 5.91 Å². The summed E-state index contributed by atoms with van der Waals surface area (Å²) >= 11 is 0. The summed E-state index contributed by atoms with van der Waals surface area (Å²) in [6, 6.07) is 9.08. The summed E-state index contributed by atoms with van der Waals surface area (Å²) in [6.07, 6.45) is 1.60. The van der Waals surface area contributed by atoms with Crippen molar-refractivity contribution in [3.8, 4) is 11.3 Å². The predicted molar refractivity (Wildman–Crippen MR) is 57.4 cm³/mol. The van der Waals surface area contributed by atoms with Crippen LogP contribution >= 0.6 is 0 Å². The Kier molecular flexibility index (Phi) is 2.29. The quantitative estimate of drug-likeness (QED) is 0.810. The summed E-state index contributed by atoms with van der Waals surface area (Å²) in [6.45, 7) is 1.86. The van der Waals surface area contributed by atoms with Crippen molar-refractivity contribution in [3.63, 3.8) is 0 Å². The van der Waals surface area contributed by atoms with E-state index in [1.807, 2.05) is 25.1 Å². The molecule has 0 aliphatic carbocycles. The van der Waals surface area contributed by atoms with Gasteiger partial charge in [-0.1, -0.05) is 12.1 Å². The lowest BCUT2D eigenvalue weighted by molar-refractivity contribution is 0.1000. The maximum absolute atomic E-state index is 11.1. The highest BCUT2D eigenvalue weighted by molar-refractivity contribution is 5.96. The molecule has 3 heteroatoms. The number of nitrogens with two attached hydrogens (primary N) is 1. The van der Waals surface area contributed by atoms with Gasteiger partial charge in [-0.2, -0.15) is 0 Å². The molecule has 0 saturated heterocycles. The number of carbonyl (C=O) groups is 1. The molecule has 0 atom stereocenters. The fourth-order valence-corrected chi connectivity index (χ4v) is 1.60. The Labute approximate surface area is 87.5 Å². The first-order chi connectivity index (χ1) is 7.20. The maximum Gasteiger partial charge on any atom is 0.248 e. The standard InChI is InChI=1S/C12H11NO2/c1-8-9(11-6-3-7-15-11)4-2-5-10(8)12(13)14/h2-7H,1H3,(H2,13,14). The fraction of sp³-hybridized carbons (Fsp3) is 0.0833. The third-order valence-electron chi connectivity index (χ3n) is 2.39. The lowest BCUT2D eigenvalue weighted by Crippen LogP contribution is -2.12. The van der Waals surface area contributed by atoms with Gasteiger partial charge in [0.2, 0.25) is 5.91 Å². The molecule has 2 N–H and O–H groups in total. The Morgan fingerprint density at radius 3 is 2.67 bits per heavy atom. The Morgan fingerprint density at radius 2 is 2.07 bits per heavy atom. The topological polar surface area (TPSA) is 56.2 Å².